The van der Waals surface area contributed by atoms with Gasteiger partial charge in [-0.2, -0.15) is 5.26 Å². The van der Waals surface area contributed by atoms with Crippen LogP contribution in [0.3, 0.4) is 0 Å². The van der Waals surface area contributed by atoms with Crippen LogP contribution in [0.2, 0.25) is 0 Å². The van der Waals surface area contributed by atoms with E-state index in [0.717, 1.165) is 26.5 Å². The van der Waals surface area contributed by atoms with Crippen molar-refractivity contribution in [2.45, 2.75) is 6.54 Å². The normalized spacial score (nSPS) is 11.5. The van der Waals surface area contributed by atoms with Gasteiger partial charge in [-0.05, 0) is 53.6 Å². The Morgan fingerprint density at radius 3 is 2.39 bits per heavy atom. The smallest absolute Gasteiger partial charge is 0.335 e. The van der Waals surface area contributed by atoms with E-state index >= 15 is 0 Å². The molecule has 0 aliphatic carbocycles. The molecule has 152 valence electrons. The molecule has 0 radical (unpaired) electrons. The Balaban J connectivity index is 1.78. The van der Waals surface area contributed by atoms with E-state index in [4.69, 9.17) is 5.11 Å². The van der Waals surface area contributed by atoms with Crippen LogP contribution < -0.4 is 0 Å². The number of carbonyl (C=O) groups is 1. The van der Waals surface area contributed by atoms with Crippen molar-refractivity contribution >= 4 is 44.5 Å². The average molecular weight is 475 g/mol. The number of carboxylic acid groups (broad SMARTS) is 1. The molecule has 6 heteroatoms. The van der Waals surface area contributed by atoms with Crippen molar-refractivity contribution in [1.82, 2.24) is 4.57 Å². The first-order valence-corrected chi connectivity index (χ1v) is 10.2. The van der Waals surface area contributed by atoms with Gasteiger partial charge in [0.05, 0.1) is 22.7 Å². The molecule has 0 amide bonds. The van der Waals surface area contributed by atoms with E-state index in [1.54, 1.807) is 30.3 Å². The first kappa shape index (κ1) is 20.6. The number of hydrogen-bond donors (Lipinski definition) is 1. The number of nitrogens with zero attached hydrogens (tertiary/aromatic N) is 2. The van der Waals surface area contributed by atoms with Gasteiger partial charge < -0.3 is 9.67 Å². The molecule has 0 unspecified atom stereocenters. The van der Waals surface area contributed by atoms with Crippen LogP contribution in [0, 0.1) is 17.1 Å². The molecule has 0 aliphatic rings. The molecular formula is C25H16BrFN2O2. The molecule has 4 rings (SSSR count). The number of carboxylic acids is 1. The molecule has 0 spiro atoms. The summed E-state index contributed by atoms with van der Waals surface area (Å²) in [5.74, 6) is -1.29. The van der Waals surface area contributed by atoms with Crippen molar-refractivity contribution in [2.75, 3.05) is 0 Å². The topological polar surface area (TPSA) is 66.0 Å². The number of benzene rings is 3. The Bertz CT molecular complexity index is 1350. The predicted octanol–water partition coefficient (Wildman–Crippen LogP) is 6.35. The van der Waals surface area contributed by atoms with Crippen molar-refractivity contribution in [2.24, 2.45) is 0 Å². The second kappa shape index (κ2) is 8.58. The molecule has 4 aromatic rings. The van der Waals surface area contributed by atoms with Crippen LogP contribution in [0.25, 0.3) is 22.6 Å². The van der Waals surface area contributed by atoms with Crippen molar-refractivity contribution in [3.8, 4) is 6.07 Å². The summed E-state index contributed by atoms with van der Waals surface area (Å²) in [6.45, 7) is 0.552. The second-order valence-corrected chi connectivity index (χ2v) is 7.97. The number of allylic oxidation sites excluding steroid dienone is 1. The highest BCUT2D eigenvalue weighted by Crippen LogP contribution is 2.29. The van der Waals surface area contributed by atoms with Gasteiger partial charge in [0.1, 0.15) is 5.82 Å². The Kier molecular flexibility index (Phi) is 5.70. The van der Waals surface area contributed by atoms with Crippen molar-refractivity contribution < 1.29 is 14.3 Å². The average Bonchev–Trinajstić information content (AvgIpc) is 3.09. The maximum atomic E-state index is 13.3. The fraction of sp³-hybridized carbons (Fsp3) is 0.0400. The summed E-state index contributed by atoms with van der Waals surface area (Å²) >= 11 is 3.51. The SMILES string of the molecule is N#C/C(=C\c1cn(Cc2ccc(F)cc2)c2cc(Br)ccc12)c1ccc(C(=O)O)cc1. The third kappa shape index (κ3) is 4.42. The molecular weight excluding hydrogens is 459 g/mol. The molecule has 1 heterocycles. The fourth-order valence-corrected chi connectivity index (χ4v) is 3.80. The molecule has 0 bridgehead atoms. The summed E-state index contributed by atoms with van der Waals surface area (Å²) in [5.41, 5.74) is 4.04. The first-order chi connectivity index (χ1) is 14.9. The van der Waals surface area contributed by atoms with E-state index in [2.05, 4.69) is 26.6 Å². The molecule has 1 N–H and O–H groups in total. The van der Waals surface area contributed by atoms with Crippen LogP contribution in [-0.2, 0) is 6.54 Å². The highest BCUT2D eigenvalue weighted by molar-refractivity contribution is 9.10. The van der Waals surface area contributed by atoms with E-state index in [1.807, 2.05) is 24.4 Å². The molecule has 31 heavy (non-hydrogen) atoms. The van der Waals surface area contributed by atoms with Crippen LogP contribution in [0.4, 0.5) is 4.39 Å². The maximum Gasteiger partial charge on any atom is 0.335 e. The van der Waals surface area contributed by atoms with Gasteiger partial charge in [0.15, 0.2) is 0 Å². The zero-order chi connectivity index (χ0) is 22.0. The third-order valence-electron chi connectivity index (χ3n) is 5.00. The molecule has 0 fully saturated rings. The minimum absolute atomic E-state index is 0.168. The summed E-state index contributed by atoms with van der Waals surface area (Å²) in [6.07, 6.45) is 3.76. The monoisotopic (exact) mass is 474 g/mol. The minimum Gasteiger partial charge on any atom is -0.478 e. The molecule has 0 saturated heterocycles. The molecule has 0 aliphatic heterocycles. The molecule has 3 aromatic carbocycles. The Morgan fingerprint density at radius 2 is 1.74 bits per heavy atom. The minimum atomic E-state index is -1.01. The summed E-state index contributed by atoms with van der Waals surface area (Å²) < 4.78 is 16.3. The van der Waals surface area contributed by atoms with Crippen LogP contribution in [0.5, 0.6) is 0 Å². The van der Waals surface area contributed by atoms with Gasteiger partial charge in [-0.25, -0.2) is 9.18 Å². The van der Waals surface area contributed by atoms with Gasteiger partial charge in [0.25, 0.3) is 0 Å². The number of aromatic carboxylic acids is 1. The number of aromatic nitrogens is 1. The lowest BCUT2D eigenvalue weighted by atomic mass is 10.0. The summed E-state index contributed by atoms with van der Waals surface area (Å²) in [4.78, 5) is 11.1. The zero-order valence-corrected chi connectivity index (χ0v) is 17.8. The Hall–Kier alpha value is -3.69. The van der Waals surface area contributed by atoms with Gasteiger partial charge in [-0.3, -0.25) is 0 Å². The number of rotatable bonds is 5. The first-order valence-electron chi connectivity index (χ1n) is 9.43. The van der Waals surface area contributed by atoms with E-state index in [9.17, 15) is 14.4 Å². The number of halogens is 2. The summed E-state index contributed by atoms with van der Waals surface area (Å²) in [5, 5.41) is 19.8. The van der Waals surface area contributed by atoms with E-state index in [0.29, 0.717) is 17.7 Å². The van der Waals surface area contributed by atoms with E-state index in [-0.39, 0.29) is 11.4 Å². The van der Waals surface area contributed by atoms with E-state index in [1.165, 1.54) is 24.3 Å². The summed E-state index contributed by atoms with van der Waals surface area (Å²) in [7, 11) is 0. The summed E-state index contributed by atoms with van der Waals surface area (Å²) in [6, 6.07) is 20.7. The van der Waals surface area contributed by atoms with Gasteiger partial charge in [0, 0.05) is 28.2 Å². The molecule has 4 nitrogen and oxygen atoms in total. The Morgan fingerprint density at radius 1 is 1.06 bits per heavy atom. The second-order valence-electron chi connectivity index (χ2n) is 7.05. The van der Waals surface area contributed by atoms with Crippen LogP contribution in [0.1, 0.15) is 27.0 Å². The molecule has 0 atom stereocenters. The zero-order valence-electron chi connectivity index (χ0n) is 16.2. The quantitative estimate of drug-likeness (QED) is 0.342. The van der Waals surface area contributed by atoms with Crippen LogP contribution in [-0.4, -0.2) is 15.6 Å². The number of nitriles is 1. The van der Waals surface area contributed by atoms with Gasteiger partial charge in [0.2, 0.25) is 0 Å². The fourth-order valence-electron chi connectivity index (χ4n) is 3.45. The number of fused-ring (bicyclic) bond motifs is 1. The van der Waals surface area contributed by atoms with Crippen molar-refractivity contribution in [3.63, 3.8) is 0 Å². The third-order valence-corrected chi connectivity index (χ3v) is 5.50. The largest absolute Gasteiger partial charge is 0.478 e. The highest BCUT2D eigenvalue weighted by Gasteiger charge is 2.11. The lowest BCUT2D eigenvalue weighted by molar-refractivity contribution is 0.0697. The van der Waals surface area contributed by atoms with Gasteiger partial charge in [-0.15, -0.1) is 0 Å². The van der Waals surface area contributed by atoms with Crippen LogP contribution >= 0.6 is 15.9 Å². The van der Waals surface area contributed by atoms with Crippen molar-refractivity contribution in [1.29, 1.82) is 5.26 Å². The lowest BCUT2D eigenvalue weighted by Gasteiger charge is -2.06. The number of hydrogen-bond acceptors (Lipinski definition) is 2. The van der Waals surface area contributed by atoms with Crippen molar-refractivity contribution in [3.05, 3.63) is 105 Å². The lowest BCUT2D eigenvalue weighted by Crippen LogP contribution is -1.97. The van der Waals surface area contributed by atoms with Gasteiger partial charge in [-0.1, -0.05) is 46.3 Å². The predicted molar refractivity (Wildman–Crippen MR) is 122 cm³/mol. The standard InChI is InChI=1S/C25H16BrFN2O2/c26-21-7-10-23-20(11-19(13-28)17-3-5-18(6-4-17)25(30)31)15-29(24(23)12-21)14-16-1-8-22(27)9-2-16/h1-12,15H,14H2,(H,30,31)/b19-11+. The maximum absolute atomic E-state index is 13.3. The molecule has 0 saturated carbocycles. The molecule has 1 aromatic heterocycles. The Labute approximate surface area is 186 Å². The highest BCUT2D eigenvalue weighted by atomic mass is 79.9. The van der Waals surface area contributed by atoms with Gasteiger partial charge >= 0.3 is 5.97 Å². The van der Waals surface area contributed by atoms with E-state index < -0.39 is 5.97 Å². The van der Waals surface area contributed by atoms with Crippen LogP contribution in [0.15, 0.2) is 77.4 Å².